The Bertz CT molecular complexity index is 605. The van der Waals surface area contributed by atoms with E-state index in [0.717, 1.165) is 16.9 Å². The van der Waals surface area contributed by atoms with Crippen molar-refractivity contribution in [3.05, 3.63) is 58.6 Å². The smallest absolute Gasteiger partial charge is 0.125 e. The average Bonchev–Trinajstić information content (AvgIpc) is 2.53. The summed E-state index contributed by atoms with van der Waals surface area (Å²) in [6.07, 6.45) is 0.714. The minimum atomic E-state index is -0.0793. The van der Waals surface area contributed by atoms with Gasteiger partial charge in [-0.1, -0.05) is 29.8 Å². The molecular weight excluding hydrogens is 288 g/mol. The molecule has 0 radical (unpaired) electrons. The second-order valence-corrected chi connectivity index (χ2v) is 5.10. The van der Waals surface area contributed by atoms with Gasteiger partial charge in [0.25, 0.3) is 0 Å². The summed E-state index contributed by atoms with van der Waals surface area (Å²) in [6.45, 7) is 0. The van der Waals surface area contributed by atoms with E-state index in [2.05, 4.69) is 5.43 Å². The lowest BCUT2D eigenvalue weighted by Gasteiger charge is -2.19. The van der Waals surface area contributed by atoms with E-state index >= 15 is 0 Å². The molecule has 5 heteroatoms. The van der Waals surface area contributed by atoms with Gasteiger partial charge in [-0.25, -0.2) is 0 Å². The topological polar surface area (TPSA) is 56.5 Å². The monoisotopic (exact) mass is 306 g/mol. The third kappa shape index (κ3) is 3.88. The van der Waals surface area contributed by atoms with Crippen LogP contribution in [0.1, 0.15) is 17.2 Å². The quantitative estimate of drug-likeness (QED) is 0.636. The Hall–Kier alpha value is -1.75. The predicted molar refractivity (Wildman–Crippen MR) is 84.8 cm³/mol. The number of hydrazine groups is 1. The van der Waals surface area contributed by atoms with E-state index in [4.69, 9.17) is 26.9 Å². The molecule has 0 aliphatic rings. The fraction of sp³-hybridized carbons (Fsp3) is 0.250. The lowest BCUT2D eigenvalue weighted by molar-refractivity contribution is 0.398. The highest BCUT2D eigenvalue weighted by molar-refractivity contribution is 6.30. The number of halogens is 1. The van der Waals surface area contributed by atoms with Gasteiger partial charge in [-0.15, -0.1) is 0 Å². The molecule has 1 atom stereocenters. The highest BCUT2D eigenvalue weighted by atomic mass is 35.5. The van der Waals surface area contributed by atoms with Crippen molar-refractivity contribution in [3.8, 4) is 11.5 Å². The van der Waals surface area contributed by atoms with Gasteiger partial charge in [0.05, 0.1) is 20.3 Å². The molecule has 2 rings (SSSR count). The lowest BCUT2D eigenvalue weighted by atomic mass is 9.98. The minimum Gasteiger partial charge on any atom is -0.497 e. The molecule has 0 aromatic heterocycles. The van der Waals surface area contributed by atoms with Crippen LogP contribution in [0.25, 0.3) is 0 Å². The van der Waals surface area contributed by atoms with Crippen molar-refractivity contribution in [1.29, 1.82) is 0 Å². The van der Waals surface area contributed by atoms with Gasteiger partial charge >= 0.3 is 0 Å². The first-order valence-corrected chi connectivity index (χ1v) is 6.98. The van der Waals surface area contributed by atoms with Crippen molar-refractivity contribution in [2.45, 2.75) is 12.5 Å². The summed E-state index contributed by atoms with van der Waals surface area (Å²) >= 11 is 6.00. The van der Waals surface area contributed by atoms with Crippen LogP contribution >= 0.6 is 11.6 Å². The fourth-order valence-electron chi connectivity index (χ4n) is 2.27. The number of rotatable bonds is 6. The van der Waals surface area contributed by atoms with Gasteiger partial charge in [-0.2, -0.15) is 0 Å². The second kappa shape index (κ2) is 7.31. The molecule has 112 valence electrons. The van der Waals surface area contributed by atoms with E-state index in [0.29, 0.717) is 17.2 Å². The summed E-state index contributed by atoms with van der Waals surface area (Å²) in [5, 5.41) is 0.632. The molecule has 0 bridgehead atoms. The van der Waals surface area contributed by atoms with Crippen LogP contribution in [0.5, 0.6) is 11.5 Å². The number of methoxy groups -OCH3 is 2. The van der Waals surface area contributed by atoms with Crippen molar-refractivity contribution < 1.29 is 9.47 Å². The third-order valence-corrected chi connectivity index (χ3v) is 3.58. The highest BCUT2D eigenvalue weighted by Gasteiger charge is 2.16. The Morgan fingerprint density at radius 3 is 2.62 bits per heavy atom. The number of hydrogen-bond acceptors (Lipinski definition) is 4. The van der Waals surface area contributed by atoms with Crippen molar-refractivity contribution in [2.24, 2.45) is 5.84 Å². The molecule has 0 aliphatic heterocycles. The highest BCUT2D eigenvalue weighted by Crippen LogP contribution is 2.30. The van der Waals surface area contributed by atoms with Gasteiger partial charge < -0.3 is 9.47 Å². The van der Waals surface area contributed by atoms with Gasteiger partial charge in [-0.3, -0.25) is 11.3 Å². The van der Waals surface area contributed by atoms with Crippen molar-refractivity contribution in [1.82, 2.24) is 5.43 Å². The predicted octanol–water partition coefficient (Wildman–Crippen LogP) is 3.10. The number of nitrogens with one attached hydrogen (secondary N) is 1. The van der Waals surface area contributed by atoms with Crippen LogP contribution in [-0.4, -0.2) is 14.2 Å². The van der Waals surface area contributed by atoms with Crippen LogP contribution in [0.15, 0.2) is 42.5 Å². The molecule has 2 aromatic carbocycles. The Balaban J connectivity index is 2.27. The van der Waals surface area contributed by atoms with Crippen LogP contribution < -0.4 is 20.7 Å². The van der Waals surface area contributed by atoms with E-state index in [9.17, 15) is 0 Å². The summed E-state index contributed by atoms with van der Waals surface area (Å²) in [5.41, 5.74) is 4.92. The summed E-state index contributed by atoms with van der Waals surface area (Å²) in [5.74, 6) is 7.26. The van der Waals surface area contributed by atoms with E-state index in [1.165, 1.54) is 0 Å². The van der Waals surface area contributed by atoms with E-state index < -0.39 is 0 Å². The van der Waals surface area contributed by atoms with Crippen molar-refractivity contribution >= 4 is 11.6 Å². The Kier molecular flexibility index (Phi) is 5.44. The van der Waals surface area contributed by atoms with E-state index in [-0.39, 0.29) is 6.04 Å². The maximum Gasteiger partial charge on any atom is 0.125 e. The van der Waals surface area contributed by atoms with Crippen LogP contribution in [0.2, 0.25) is 5.02 Å². The molecule has 0 aliphatic carbocycles. The second-order valence-electron chi connectivity index (χ2n) is 4.66. The van der Waals surface area contributed by atoms with Gasteiger partial charge in [0.1, 0.15) is 11.5 Å². The summed E-state index contributed by atoms with van der Waals surface area (Å²) in [4.78, 5) is 0. The van der Waals surface area contributed by atoms with Crippen LogP contribution in [0.4, 0.5) is 0 Å². The first-order valence-electron chi connectivity index (χ1n) is 6.60. The van der Waals surface area contributed by atoms with Gasteiger partial charge in [0, 0.05) is 10.6 Å². The van der Waals surface area contributed by atoms with Gasteiger partial charge in [-0.05, 0) is 36.2 Å². The molecule has 1 unspecified atom stereocenters. The average molecular weight is 307 g/mol. The van der Waals surface area contributed by atoms with Crippen LogP contribution in [-0.2, 0) is 6.42 Å². The number of nitrogens with two attached hydrogens (primary N) is 1. The molecule has 0 saturated carbocycles. The summed E-state index contributed by atoms with van der Waals surface area (Å²) in [7, 11) is 3.27. The molecular formula is C16H19ClN2O2. The van der Waals surface area contributed by atoms with Gasteiger partial charge in [0.15, 0.2) is 0 Å². The molecule has 21 heavy (non-hydrogen) atoms. The maximum absolute atomic E-state index is 6.00. The normalized spacial score (nSPS) is 12.0. The first-order chi connectivity index (χ1) is 10.2. The molecule has 3 N–H and O–H groups in total. The molecule has 0 fully saturated rings. The number of hydrogen-bond donors (Lipinski definition) is 2. The van der Waals surface area contributed by atoms with E-state index in [1.54, 1.807) is 20.3 Å². The van der Waals surface area contributed by atoms with Crippen molar-refractivity contribution in [3.63, 3.8) is 0 Å². The molecule has 0 saturated heterocycles. The van der Waals surface area contributed by atoms with Crippen LogP contribution in [0.3, 0.4) is 0 Å². The lowest BCUT2D eigenvalue weighted by Crippen LogP contribution is -2.29. The summed E-state index contributed by atoms with van der Waals surface area (Å²) < 4.78 is 10.6. The standard InChI is InChI=1S/C16H19ClN2O2/c1-20-13-5-3-4-11(8-13)9-15(19-18)14-7-6-12(17)10-16(14)21-2/h3-8,10,15,19H,9,18H2,1-2H3. The third-order valence-electron chi connectivity index (χ3n) is 3.35. The maximum atomic E-state index is 6.00. The Morgan fingerprint density at radius 2 is 1.95 bits per heavy atom. The molecule has 0 spiro atoms. The first kappa shape index (κ1) is 15.6. The molecule has 4 nitrogen and oxygen atoms in total. The van der Waals surface area contributed by atoms with Crippen LogP contribution in [0, 0.1) is 0 Å². The van der Waals surface area contributed by atoms with Gasteiger partial charge in [0.2, 0.25) is 0 Å². The molecule has 2 aromatic rings. The Morgan fingerprint density at radius 1 is 1.14 bits per heavy atom. The number of benzene rings is 2. The summed E-state index contributed by atoms with van der Waals surface area (Å²) in [6, 6.07) is 13.4. The SMILES string of the molecule is COc1cccc(CC(NN)c2ccc(Cl)cc2OC)c1. The largest absolute Gasteiger partial charge is 0.497 e. The molecule has 0 heterocycles. The zero-order chi connectivity index (χ0) is 15.2. The van der Waals surface area contributed by atoms with Crippen molar-refractivity contribution in [2.75, 3.05) is 14.2 Å². The number of ether oxygens (including phenoxy) is 2. The zero-order valence-corrected chi connectivity index (χ0v) is 12.9. The Labute approximate surface area is 129 Å². The molecule has 0 amide bonds. The zero-order valence-electron chi connectivity index (χ0n) is 12.1. The van der Waals surface area contributed by atoms with E-state index in [1.807, 2.05) is 36.4 Å². The minimum absolute atomic E-state index is 0.0793. The fourth-order valence-corrected chi connectivity index (χ4v) is 2.43.